The van der Waals surface area contributed by atoms with Gasteiger partial charge in [-0.1, -0.05) is 25.6 Å². The highest BCUT2D eigenvalue weighted by molar-refractivity contribution is 8.14. The fraction of sp³-hybridized carbons (Fsp3) is 0.917. The fourth-order valence-corrected chi connectivity index (χ4v) is 3.41. The second-order valence-electron chi connectivity index (χ2n) is 4.95. The van der Waals surface area contributed by atoms with Crippen LogP contribution in [0, 0.1) is 0 Å². The van der Waals surface area contributed by atoms with Crippen LogP contribution in [0.2, 0.25) is 0 Å². The lowest BCUT2D eigenvalue weighted by Crippen LogP contribution is -2.42. The summed E-state index contributed by atoms with van der Waals surface area (Å²) in [6, 6.07) is 0.370. The number of amidine groups is 1. The summed E-state index contributed by atoms with van der Waals surface area (Å²) in [5, 5.41) is 4.74. The Labute approximate surface area is 104 Å². The summed E-state index contributed by atoms with van der Waals surface area (Å²) >= 11 is 1.87. The van der Waals surface area contributed by atoms with Crippen molar-refractivity contribution in [3.63, 3.8) is 0 Å². The van der Waals surface area contributed by atoms with E-state index in [1.54, 1.807) is 0 Å². The van der Waals surface area contributed by atoms with E-state index in [1.807, 2.05) is 11.8 Å². The lowest BCUT2D eigenvalue weighted by Gasteiger charge is -2.25. The topological polar surface area (TPSA) is 27.6 Å². The molecule has 4 heteroatoms. The van der Waals surface area contributed by atoms with Gasteiger partial charge in [0.15, 0.2) is 5.17 Å². The van der Waals surface area contributed by atoms with Gasteiger partial charge in [0.05, 0.1) is 6.04 Å². The van der Waals surface area contributed by atoms with Crippen LogP contribution >= 0.6 is 11.8 Å². The third kappa shape index (κ3) is 3.67. The normalized spacial score (nSPS) is 23.8. The van der Waals surface area contributed by atoms with E-state index in [0.29, 0.717) is 11.6 Å². The Bertz CT molecular complexity index is 247. The molecule has 1 saturated heterocycles. The zero-order chi connectivity index (χ0) is 12.2. The van der Waals surface area contributed by atoms with Crippen LogP contribution in [0.15, 0.2) is 4.99 Å². The minimum absolute atomic E-state index is 0.293. The standard InChI is InChI=1S/C12H25N3S/c1-6-12(7-2)9-16-11(14-12)13-10(3)8-15(4)5/h10H,6-9H2,1-5H3,(H,13,14). The summed E-state index contributed by atoms with van der Waals surface area (Å²) in [7, 11) is 4.18. The molecule has 0 aromatic rings. The van der Waals surface area contributed by atoms with Crippen LogP contribution in [0.25, 0.3) is 0 Å². The number of nitrogens with zero attached hydrogens (tertiary/aromatic N) is 2. The molecular formula is C12H25N3S. The maximum Gasteiger partial charge on any atom is 0.157 e. The maximum absolute atomic E-state index is 4.73. The smallest absolute Gasteiger partial charge is 0.157 e. The lowest BCUT2D eigenvalue weighted by atomic mass is 9.96. The summed E-state index contributed by atoms with van der Waals surface area (Å²) in [4.78, 5) is 6.92. The Morgan fingerprint density at radius 2 is 2.06 bits per heavy atom. The molecule has 1 atom stereocenters. The minimum Gasteiger partial charge on any atom is -0.359 e. The van der Waals surface area contributed by atoms with Crippen LogP contribution in [0.4, 0.5) is 0 Å². The van der Waals surface area contributed by atoms with Crippen molar-refractivity contribution in [1.29, 1.82) is 0 Å². The van der Waals surface area contributed by atoms with Crippen molar-refractivity contribution in [2.24, 2.45) is 4.99 Å². The first kappa shape index (κ1) is 13.8. The molecule has 1 rings (SSSR count). The molecule has 1 N–H and O–H groups in total. The average Bonchev–Trinajstić information content (AvgIpc) is 2.61. The number of likely N-dealkylation sites (N-methyl/N-ethyl adjacent to an activating group) is 1. The molecule has 0 aliphatic carbocycles. The van der Waals surface area contributed by atoms with Crippen molar-refractivity contribution >= 4 is 16.9 Å². The van der Waals surface area contributed by atoms with Crippen molar-refractivity contribution in [2.75, 3.05) is 26.4 Å². The van der Waals surface area contributed by atoms with Crippen molar-refractivity contribution in [2.45, 2.75) is 45.2 Å². The monoisotopic (exact) mass is 243 g/mol. The number of hydrogen-bond donors (Lipinski definition) is 1. The summed E-state index contributed by atoms with van der Waals surface area (Å²) < 4.78 is 0. The van der Waals surface area contributed by atoms with Crippen LogP contribution in [0.3, 0.4) is 0 Å². The van der Waals surface area contributed by atoms with E-state index in [1.165, 1.54) is 12.8 Å². The van der Waals surface area contributed by atoms with Gasteiger partial charge in [-0.05, 0) is 33.9 Å². The van der Waals surface area contributed by atoms with Gasteiger partial charge in [0, 0.05) is 17.8 Å². The summed E-state index contributed by atoms with van der Waals surface area (Å²) in [6.07, 6.45) is 2.36. The third-order valence-corrected chi connectivity index (χ3v) is 4.36. The van der Waals surface area contributed by atoms with Crippen LogP contribution < -0.4 is 5.32 Å². The molecule has 1 unspecified atom stereocenters. The molecule has 1 fully saturated rings. The minimum atomic E-state index is 0.293. The van der Waals surface area contributed by atoms with E-state index in [9.17, 15) is 0 Å². The highest BCUT2D eigenvalue weighted by Crippen LogP contribution is 2.29. The summed E-state index contributed by atoms with van der Waals surface area (Å²) in [5.74, 6) is 1.16. The molecule has 0 aromatic carbocycles. The number of thioether (sulfide) groups is 1. The number of aliphatic imine (C=N–C) groups is 1. The Hall–Kier alpha value is -0.220. The Morgan fingerprint density at radius 3 is 2.50 bits per heavy atom. The number of rotatable bonds is 5. The predicted molar refractivity (Wildman–Crippen MR) is 74.4 cm³/mol. The van der Waals surface area contributed by atoms with E-state index < -0.39 is 0 Å². The molecule has 1 heterocycles. The molecule has 0 saturated carbocycles. The van der Waals surface area contributed by atoms with E-state index in [-0.39, 0.29) is 0 Å². The first-order chi connectivity index (χ1) is 7.51. The van der Waals surface area contributed by atoms with Crippen molar-refractivity contribution in [3.05, 3.63) is 0 Å². The molecule has 0 aromatic heterocycles. The zero-order valence-corrected chi connectivity index (χ0v) is 12.0. The van der Waals surface area contributed by atoms with E-state index >= 15 is 0 Å². The van der Waals surface area contributed by atoms with E-state index in [0.717, 1.165) is 17.5 Å². The lowest BCUT2D eigenvalue weighted by molar-refractivity contribution is 0.381. The Kier molecular flexibility index (Phi) is 5.12. The maximum atomic E-state index is 4.73. The molecule has 0 spiro atoms. The van der Waals surface area contributed by atoms with Crippen molar-refractivity contribution < 1.29 is 0 Å². The molecule has 0 bridgehead atoms. The van der Waals surface area contributed by atoms with Crippen LogP contribution in [-0.2, 0) is 0 Å². The van der Waals surface area contributed by atoms with Gasteiger partial charge in [0.25, 0.3) is 0 Å². The summed E-state index contributed by atoms with van der Waals surface area (Å²) in [6.45, 7) is 7.69. The Balaban J connectivity index is 2.54. The van der Waals surface area contributed by atoms with Gasteiger partial charge in [-0.15, -0.1) is 0 Å². The largest absolute Gasteiger partial charge is 0.359 e. The molecule has 16 heavy (non-hydrogen) atoms. The average molecular weight is 243 g/mol. The van der Waals surface area contributed by atoms with E-state index in [4.69, 9.17) is 4.99 Å². The quantitative estimate of drug-likeness (QED) is 0.802. The van der Waals surface area contributed by atoms with Gasteiger partial charge >= 0.3 is 0 Å². The van der Waals surface area contributed by atoms with Gasteiger partial charge in [0.2, 0.25) is 0 Å². The predicted octanol–water partition coefficient (Wildman–Crippen LogP) is 2.19. The SMILES string of the molecule is CCC1(CC)CSC(=NC(C)CN(C)C)N1. The number of nitrogens with one attached hydrogen (secondary N) is 1. The van der Waals surface area contributed by atoms with Crippen LogP contribution in [0.1, 0.15) is 33.6 Å². The molecule has 0 radical (unpaired) electrons. The second-order valence-corrected chi connectivity index (χ2v) is 5.91. The summed E-state index contributed by atoms with van der Waals surface area (Å²) in [5.41, 5.74) is 0.293. The molecule has 3 nitrogen and oxygen atoms in total. The van der Waals surface area contributed by atoms with Gasteiger partial charge in [0.1, 0.15) is 0 Å². The highest BCUT2D eigenvalue weighted by atomic mass is 32.2. The molecule has 1 aliphatic heterocycles. The van der Waals surface area contributed by atoms with Crippen molar-refractivity contribution in [1.82, 2.24) is 10.2 Å². The third-order valence-electron chi connectivity index (χ3n) is 3.18. The molecular weight excluding hydrogens is 218 g/mol. The van der Waals surface area contributed by atoms with Gasteiger partial charge < -0.3 is 10.2 Å². The highest BCUT2D eigenvalue weighted by Gasteiger charge is 2.33. The zero-order valence-electron chi connectivity index (χ0n) is 11.2. The first-order valence-electron chi connectivity index (χ1n) is 6.15. The van der Waals surface area contributed by atoms with E-state index in [2.05, 4.69) is 45.1 Å². The van der Waals surface area contributed by atoms with Gasteiger partial charge in [-0.2, -0.15) is 0 Å². The van der Waals surface area contributed by atoms with Gasteiger partial charge in [-0.25, -0.2) is 0 Å². The number of hydrogen-bond acceptors (Lipinski definition) is 3. The second kappa shape index (κ2) is 5.92. The first-order valence-corrected chi connectivity index (χ1v) is 7.13. The Morgan fingerprint density at radius 1 is 1.44 bits per heavy atom. The van der Waals surface area contributed by atoms with Crippen LogP contribution in [-0.4, -0.2) is 48.0 Å². The molecule has 1 aliphatic rings. The van der Waals surface area contributed by atoms with Crippen LogP contribution in [0.5, 0.6) is 0 Å². The molecule has 0 amide bonds. The molecule has 94 valence electrons. The van der Waals surface area contributed by atoms with Crippen molar-refractivity contribution in [3.8, 4) is 0 Å². The fourth-order valence-electron chi connectivity index (χ4n) is 1.98. The van der Waals surface area contributed by atoms with Gasteiger partial charge in [-0.3, -0.25) is 4.99 Å².